The van der Waals surface area contributed by atoms with E-state index in [2.05, 4.69) is 26.8 Å². The van der Waals surface area contributed by atoms with Gasteiger partial charge in [-0.25, -0.2) is 0 Å². The molecule has 0 aromatic heterocycles. The third-order valence-electron chi connectivity index (χ3n) is 3.08. The molecule has 0 bridgehead atoms. The minimum Gasteiger partial charge on any atom is -0.393 e. The van der Waals surface area contributed by atoms with Gasteiger partial charge in [0.05, 0.1) is 6.10 Å². The van der Waals surface area contributed by atoms with Crippen LogP contribution in [0.4, 0.5) is 0 Å². The highest BCUT2D eigenvalue weighted by Crippen LogP contribution is 2.32. The zero-order chi connectivity index (χ0) is 16.5. The van der Waals surface area contributed by atoms with Crippen LogP contribution in [0, 0.1) is 5.41 Å². The summed E-state index contributed by atoms with van der Waals surface area (Å²) < 4.78 is 0. The molecule has 2 heteroatoms. The smallest absolute Gasteiger partial charge is 0.152 e. The van der Waals surface area contributed by atoms with E-state index in [0.717, 1.165) is 18.4 Å². The fourth-order valence-corrected chi connectivity index (χ4v) is 2.49. The first-order chi connectivity index (χ1) is 9.66. The monoisotopic (exact) mass is 290 g/mol. The second-order valence-corrected chi connectivity index (χ2v) is 6.42. The third-order valence-corrected chi connectivity index (χ3v) is 3.08. The molecule has 1 aliphatic carbocycles. The molecule has 0 fully saturated rings. The van der Waals surface area contributed by atoms with E-state index in [1.807, 2.05) is 32.1 Å². The molecule has 0 aliphatic heterocycles. The number of allylic oxidation sites excluding steroid dienone is 7. The Kier molecular flexibility index (Phi) is 8.87. The van der Waals surface area contributed by atoms with E-state index >= 15 is 0 Å². The fourth-order valence-electron chi connectivity index (χ4n) is 2.49. The molecule has 0 saturated carbocycles. The van der Waals surface area contributed by atoms with Crippen molar-refractivity contribution in [3.63, 3.8) is 0 Å². The van der Waals surface area contributed by atoms with Crippen molar-refractivity contribution in [1.82, 2.24) is 0 Å². The third kappa shape index (κ3) is 11.0. The molecule has 1 aliphatic rings. The fraction of sp³-hybridized carbons (Fsp3) is 0.526. The van der Waals surface area contributed by atoms with Crippen LogP contribution in [0.25, 0.3) is 0 Å². The van der Waals surface area contributed by atoms with Crippen LogP contribution in [0.1, 0.15) is 54.4 Å². The number of hydrogen-bond donors (Lipinski definition) is 1. The molecular formula is C19H30O2. The van der Waals surface area contributed by atoms with Crippen LogP contribution in [0.3, 0.4) is 0 Å². The normalized spacial score (nSPS) is 22.0. The predicted octanol–water partition coefficient (Wildman–Crippen LogP) is 4.77. The zero-order valence-electron chi connectivity index (χ0n) is 14.3. The lowest BCUT2D eigenvalue weighted by Crippen LogP contribution is -2.23. The number of aliphatic hydroxyl groups is 1. The second kappa shape index (κ2) is 9.51. The summed E-state index contributed by atoms with van der Waals surface area (Å²) in [6.45, 7) is 11.9. The maximum absolute atomic E-state index is 10.4. The van der Waals surface area contributed by atoms with Gasteiger partial charge in [-0.1, -0.05) is 55.4 Å². The van der Waals surface area contributed by atoms with Crippen molar-refractivity contribution in [1.29, 1.82) is 0 Å². The predicted molar refractivity (Wildman–Crippen MR) is 91.2 cm³/mol. The van der Waals surface area contributed by atoms with E-state index in [1.165, 1.54) is 12.5 Å². The number of ketones is 1. The summed E-state index contributed by atoms with van der Waals surface area (Å²) in [7, 11) is 0. The van der Waals surface area contributed by atoms with Gasteiger partial charge in [-0.3, -0.25) is 4.79 Å². The van der Waals surface area contributed by atoms with Crippen LogP contribution in [-0.2, 0) is 4.79 Å². The van der Waals surface area contributed by atoms with Crippen molar-refractivity contribution in [3.8, 4) is 0 Å². The van der Waals surface area contributed by atoms with Crippen LogP contribution in [0.5, 0.6) is 0 Å². The van der Waals surface area contributed by atoms with Gasteiger partial charge in [-0.2, -0.15) is 0 Å². The van der Waals surface area contributed by atoms with E-state index in [9.17, 15) is 9.90 Å². The van der Waals surface area contributed by atoms with E-state index in [-0.39, 0.29) is 17.3 Å². The maximum Gasteiger partial charge on any atom is 0.152 e. The molecule has 0 aromatic rings. The number of hydrogen-bond acceptors (Lipinski definition) is 2. The van der Waals surface area contributed by atoms with Gasteiger partial charge in [0.15, 0.2) is 5.78 Å². The van der Waals surface area contributed by atoms with Gasteiger partial charge in [-0.05, 0) is 52.0 Å². The molecule has 21 heavy (non-hydrogen) atoms. The van der Waals surface area contributed by atoms with Crippen LogP contribution in [0.2, 0.25) is 0 Å². The zero-order valence-corrected chi connectivity index (χ0v) is 14.3. The summed E-state index contributed by atoms with van der Waals surface area (Å²) in [6.07, 6.45) is 13.1. The van der Waals surface area contributed by atoms with Gasteiger partial charge >= 0.3 is 0 Å². The Hall–Kier alpha value is -1.41. The molecule has 0 spiro atoms. The van der Waals surface area contributed by atoms with Gasteiger partial charge in [0.2, 0.25) is 0 Å². The molecule has 0 amide bonds. The maximum atomic E-state index is 10.4. The highest BCUT2D eigenvalue weighted by atomic mass is 16.3. The van der Waals surface area contributed by atoms with Gasteiger partial charge in [-0.15, -0.1) is 0 Å². The summed E-state index contributed by atoms with van der Waals surface area (Å²) >= 11 is 0. The highest BCUT2D eigenvalue weighted by Gasteiger charge is 2.24. The van der Waals surface area contributed by atoms with Crippen molar-refractivity contribution in [2.24, 2.45) is 5.41 Å². The van der Waals surface area contributed by atoms with E-state index in [4.69, 9.17) is 0 Å². The van der Waals surface area contributed by atoms with Crippen molar-refractivity contribution >= 4 is 5.78 Å². The summed E-state index contributed by atoms with van der Waals surface area (Å²) in [4.78, 5) is 10.4. The molecule has 0 aromatic carbocycles. The van der Waals surface area contributed by atoms with E-state index < -0.39 is 0 Å². The minimum absolute atomic E-state index is 0.0783. The van der Waals surface area contributed by atoms with Gasteiger partial charge in [0.1, 0.15) is 0 Å². The largest absolute Gasteiger partial charge is 0.393 e. The molecule has 0 unspecified atom stereocenters. The van der Waals surface area contributed by atoms with Crippen molar-refractivity contribution in [3.05, 3.63) is 47.6 Å². The van der Waals surface area contributed by atoms with Gasteiger partial charge < -0.3 is 5.11 Å². The average molecular weight is 290 g/mol. The molecule has 2 nitrogen and oxygen atoms in total. The molecule has 0 radical (unpaired) electrons. The molecule has 1 atom stereocenters. The Morgan fingerprint density at radius 1 is 1.33 bits per heavy atom. The van der Waals surface area contributed by atoms with Crippen molar-refractivity contribution in [2.45, 2.75) is 60.5 Å². The molecule has 1 N–H and O–H groups in total. The van der Waals surface area contributed by atoms with Gasteiger partial charge in [0, 0.05) is 0 Å². The van der Waals surface area contributed by atoms with Crippen molar-refractivity contribution < 1.29 is 9.90 Å². The number of carbonyl (C=O) groups is 1. The Morgan fingerprint density at radius 2 is 1.95 bits per heavy atom. The number of aliphatic hydroxyl groups excluding tert-OH is 1. The Balaban J connectivity index is 0.000000382. The lowest BCUT2D eigenvalue weighted by atomic mass is 9.79. The molecular weight excluding hydrogens is 260 g/mol. The number of rotatable bonds is 3. The van der Waals surface area contributed by atoms with E-state index in [1.54, 1.807) is 12.2 Å². The first-order valence-electron chi connectivity index (χ1n) is 7.51. The molecule has 0 heterocycles. The van der Waals surface area contributed by atoms with Crippen LogP contribution < -0.4 is 0 Å². The van der Waals surface area contributed by atoms with Crippen LogP contribution >= 0.6 is 0 Å². The molecule has 118 valence electrons. The van der Waals surface area contributed by atoms with Crippen LogP contribution in [-0.4, -0.2) is 17.0 Å². The molecule has 0 saturated heterocycles. The number of carbonyl (C=O) groups excluding carboxylic acids is 1. The Morgan fingerprint density at radius 3 is 2.38 bits per heavy atom. The summed E-state index contributed by atoms with van der Waals surface area (Å²) in [5, 5.41) is 9.37. The molecule has 1 rings (SSSR count). The first-order valence-corrected chi connectivity index (χ1v) is 7.51. The van der Waals surface area contributed by atoms with Crippen molar-refractivity contribution in [2.75, 3.05) is 0 Å². The topological polar surface area (TPSA) is 37.3 Å². The highest BCUT2D eigenvalue weighted by molar-refractivity contribution is 5.87. The first kappa shape index (κ1) is 19.6. The van der Waals surface area contributed by atoms with Gasteiger partial charge in [0.25, 0.3) is 0 Å². The second-order valence-electron chi connectivity index (χ2n) is 6.42. The Labute approximate surface area is 130 Å². The summed E-state index contributed by atoms with van der Waals surface area (Å²) in [6, 6.07) is 0. The average Bonchev–Trinajstić information content (AvgIpc) is 2.25. The van der Waals surface area contributed by atoms with E-state index in [0.29, 0.717) is 0 Å². The Bertz CT molecular complexity index is 448. The quantitative estimate of drug-likeness (QED) is 0.462. The summed E-state index contributed by atoms with van der Waals surface area (Å²) in [5.41, 5.74) is 2.68. The lowest BCUT2D eigenvalue weighted by Gasteiger charge is -2.29. The lowest BCUT2D eigenvalue weighted by molar-refractivity contribution is -0.112. The SMILES string of the molecule is C/C=C/C(C)=C/C=C/C(C)=O.CC1=CC(C)(C)C[C@H](O)C1. The standard InChI is InChI=1S/C10H14O.C9H16O/c1-4-6-9(2)7-5-8-10(3)11;1-7-4-8(10)6-9(2,3)5-7/h4-8H,1-3H3;5,8,10H,4,6H2,1-3H3/b6-4+,8-5+,9-7+;/t;8-/m.1/s1. The van der Waals surface area contributed by atoms with Crippen LogP contribution in [0.15, 0.2) is 47.6 Å². The summed E-state index contributed by atoms with van der Waals surface area (Å²) in [5.74, 6) is 0.0783. The minimum atomic E-state index is -0.111.